The minimum Gasteiger partial charge on any atom is -0.507 e. The van der Waals surface area contributed by atoms with Crippen LogP contribution < -0.4 is 15.4 Å². The number of aryl methyl sites for hydroxylation is 1. The Morgan fingerprint density at radius 3 is 2.28 bits per heavy atom. The Hall–Kier alpha value is -3.51. The van der Waals surface area contributed by atoms with Crippen molar-refractivity contribution >= 4 is 12.3 Å². The van der Waals surface area contributed by atoms with Gasteiger partial charge in [0.15, 0.2) is 5.82 Å². The summed E-state index contributed by atoms with van der Waals surface area (Å²) in [5.41, 5.74) is 4.94. The number of phenols is 1. The first-order valence-electron chi connectivity index (χ1n) is 16.5. The van der Waals surface area contributed by atoms with Gasteiger partial charge in [-0.2, -0.15) is 8.78 Å². The van der Waals surface area contributed by atoms with E-state index in [0.29, 0.717) is 49.5 Å². The summed E-state index contributed by atoms with van der Waals surface area (Å²) in [6, 6.07) is 2.97. The number of alkyl halides is 2. The van der Waals surface area contributed by atoms with Gasteiger partial charge in [-0.25, -0.2) is 0 Å². The van der Waals surface area contributed by atoms with E-state index >= 15 is 0 Å². The maximum atomic E-state index is 12.8. The van der Waals surface area contributed by atoms with E-state index in [1.165, 1.54) is 37.0 Å². The van der Waals surface area contributed by atoms with Crippen LogP contribution in [0.3, 0.4) is 0 Å². The van der Waals surface area contributed by atoms with E-state index in [0.717, 1.165) is 55.5 Å². The predicted octanol–water partition coefficient (Wildman–Crippen LogP) is 7.71. The minimum atomic E-state index is -2.98. The van der Waals surface area contributed by atoms with Crippen molar-refractivity contribution < 1.29 is 37.6 Å². The highest BCUT2D eigenvalue weighted by molar-refractivity contribution is 5.76. The quantitative estimate of drug-likeness (QED) is 0.101. The summed E-state index contributed by atoms with van der Waals surface area (Å²) in [5, 5.41) is 27.3. The van der Waals surface area contributed by atoms with Crippen molar-refractivity contribution in [2.45, 2.75) is 111 Å². The number of hydrogen-bond acceptors (Lipinski definition) is 10. The van der Waals surface area contributed by atoms with Crippen LogP contribution in [0.4, 0.5) is 14.6 Å². The van der Waals surface area contributed by atoms with E-state index in [4.69, 9.17) is 4.74 Å². The molecule has 10 nitrogen and oxygen atoms in total. The Morgan fingerprint density at radius 1 is 1.04 bits per heavy atom. The van der Waals surface area contributed by atoms with Gasteiger partial charge in [-0.15, -0.1) is 10.2 Å². The van der Waals surface area contributed by atoms with Crippen molar-refractivity contribution in [2.24, 2.45) is 0 Å². The van der Waals surface area contributed by atoms with Crippen LogP contribution in [0.25, 0.3) is 11.3 Å². The monoisotopic (exact) mass is 666 g/mol. The summed E-state index contributed by atoms with van der Waals surface area (Å²) in [7, 11) is 4.92. The van der Waals surface area contributed by atoms with Crippen LogP contribution in [-0.2, 0) is 32.0 Å². The number of aromatic nitrogens is 2. The van der Waals surface area contributed by atoms with Gasteiger partial charge in [-0.3, -0.25) is 4.79 Å². The normalized spacial score (nSPS) is 12.5. The zero-order valence-corrected chi connectivity index (χ0v) is 29.3. The number of methoxy groups -OCH3 is 2. The van der Waals surface area contributed by atoms with Crippen molar-refractivity contribution in [1.82, 2.24) is 15.5 Å². The molecule has 0 saturated heterocycles. The minimum absolute atomic E-state index is 0.0946. The number of carbonyl (C=O) groups is 1. The summed E-state index contributed by atoms with van der Waals surface area (Å²) in [6.45, 7) is 6.94. The van der Waals surface area contributed by atoms with Gasteiger partial charge < -0.3 is 34.7 Å². The van der Waals surface area contributed by atoms with Crippen LogP contribution in [0.5, 0.6) is 11.5 Å². The molecule has 1 fully saturated rings. The second-order valence-corrected chi connectivity index (χ2v) is 11.2. The number of ether oxygens (including phenoxy) is 4. The molecule has 0 aliphatic heterocycles. The number of unbranched alkanes of at least 4 members (excludes halogenated alkanes) is 2. The lowest BCUT2D eigenvalue weighted by Crippen LogP contribution is -2.23. The fourth-order valence-electron chi connectivity index (χ4n) is 4.99. The fourth-order valence-corrected chi connectivity index (χ4v) is 4.99. The Labute approximate surface area is 279 Å². The molecule has 266 valence electrons. The molecule has 2 aromatic rings. The molecule has 3 rings (SSSR count). The lowest BCUT2D eigenvalue weighted by molar-refractivity contribution is -0.128. The number of carbonyl (C=O) groups excluding carboxylic acids is 1. The zero-order valence-electron chi connectivity index (χ0n) is 29.3. The van der Waals surface area contributed by atoms with Gasteiger partial charge in [0, 0.05) is 57.7 Å². The highest BCUT2D eigenvalue weighted by Crippen LogP contribution is 2.39. The number of aromatic hydroxyl groups is 1. The summed E-state index contributed by atoms with van der Waals surface area (Å²) in [6.07, 6.45) is 12.5. The van der Waals surface area contributed by atoms with Gasteiger partial charge >= 0.3 is 6.61 Å². The van der Waals surface area contributed by atoms with Crippen molar-refractivity contribution in [1.29, 1.82) is 0 Å². The largest absolute Gasteiger partial charge is 0.507 e. The van der Waals surface area contributed by atoms with Crippen LogP contribution >= 0.6 is 0 Å². The van der Waals surface area contributed by atoms with Crippen LogP contribution in [0.15, 0.2) is 23.9 Å². The van der Waals surface area contributed by atoms with E-state index in [1.54, 1.807) is 35.2 Å². The van der Waals surface area contributed by atoms with Crippen molar-refractivity contribution in [2.75, 3.05) is 39.9 Å². The Kier molecular flexibility index (Phi) is 21.8. The highest BCUT2D eigenvalue weighted by atomic mass is 19.3. The molecule has 0 bridgehead atoms. The molecular formula is C35H56F2N4O6. The number of hydrogen-bond donors (Lipinski definition) is 3. The first-order valence-corrected chi connectivity index (χ1v) is 16.5. The molecule has 0 amide bonds. The molecule has 12 heteroatoms. The average molecular weight is 667 g/mol. The van der Waals surface area contributed by atoms with E-state index in [9.17, 15) is 18.7 Å². The first kappa shape index (κ1) is 41.5. The third kappa shape index (κ3) is 15.3. The molecule has 0 radical (unpaired) electrons. The number of nitrogens with zero attached hydrogens (tertiary/aromatic N) is 2. The van der Waals surface area contributed by atoms with Gasteiger partial charge in [-0.05, 0) is 82.2 Å². The van der Waals surface area contributed by atoms with Crippen molar-refractivity contribution in [3.8, 4) is 22.8 Å². The molecule has 1 aliphatic rings. The Bertz CT molecular complexity index is 1170. The summed E-state index contributed by atoms with van der Waals surface area (Å²) in [4.78, 5) is 9.18. The number of phenolic OH excluding ortho intramolecular Hbond substituents is 1. The molecule has 3 N–H and O–H groups in total. The molecule has 1 aliphatic carbocycles. The average Bonchev–Trinajstić information content (AvgIpc) is 3.00. The molecule has 1 aromatic carbocycles. The van der Waals surface area contributed by atoms with Gasteiger partial charge in [0.05, 0.1) is 6.61 Å². The lowest BCUT2D eigenvalue weighted by Gasteiger charge is -2.24. The van der Waals surface area contributed by atoms with Gasteiger partial charge in [0.25, 0.3) is 6.47 Å². The first-order chi connectivity index (χ1) is 22.7. The standard InChI is InChI=1S/C30H44F2N4O3.C3H6O2.C2H6O/c1-5-7-8-13-22(6-2)34-29-25(19-33-18-21-11-9-12-21)24(14-10-15-38-4)28(35-36-29)27-20(3)16-23(17-26(27)37)39-30(31)32;1-2-5-3-4;1-3-2/h16-18,22,30,33,37H,5-15,19H2,1-4H3,(H,34,36);3H,2H2,1H3;1-2H3. The number of allylic oxidation sites excluding steroid dienone is 1. The second kappa shape index (κ2) is 24.6. The predicted molar refractivity (Wildman–Crippen MR) is 182 cm³/mol. The lowest BCUT2D eigenvalue weighted by atomic mass is 9.93. The van der Waals surface area contributed by atoms with Gasteiger partial charge in [0.2, 0.25) is 0 Å². The third-order valence-corrected chi connectivity index (χ3v) is 7.52. The summed E-state index contributed by atoms with van der Waals surface area (Å²) in [5.74, 6) is 0.474. The molecule has 0 spiro atoms. The second-order valence-electron chi connectivity index (χ2n) is 11.2. The maximum Gasteiger partial charge on any atom is 0.387 e. The molecule has 1 saturated carbocycles. The molecule has 1 atom stereocenters. The van der Waals surface area contributed by atoms with E-state index in [-0.39, 0.29) is 17.5 Å². The summed E-state index contributed by atoms with van der Waals surface area (Å²) >= 11 is 0. The van der Waals surface area contributed by atoms with Crippen LogP contribution in [-0.4, -0.2) is 69.0 Å². The third-order valence-electron chi connectivity index (χ3n) is 7.52. The van der Waals surface area contributed by atoms with E-state index in [1.807, 2.05) is 0 Å². The number of rotatable bonds is 19. The molecular weight excluding hydrogens is 610 g/mol. The number of halogens is 2. The number of benzene rings is 1. The van der Waals surface area contributed by atoms with Crippen LogP contribution in [0, 0.1) is 6.92 Å². The highest BCUT2D eigenvalue weighted by Gasteiger charge is 2.23. The summed E-state index contributed by atoms with van der Waals surface area (Å²) < 4.78 is 43.9. The van der Waals surface area contributed by atoms with Crippen molar-refractivity contribution in [3.05, 3.63) is 40.6 Å². The van der Waals surface area contributed by atoms with E-state index < -0.39 is 6.61 Å². The maximum absolute atomic E-state index is 12.8. The SMILES string of the molecule is CCCCCC(CC)Nc1nnc(-c2c(C)cc(OC(F)F)cc2O)c(CCCOC)c1CNC=C1CCC1.CCOC=O.COC. The number of nitrogens with one attached hydrogen (secondary N) is 2. The van der Waals surface area contributed by atoms with Crippen LogP contribution in [0.1, 0.15) is 95.2 Å². The Morgan fingerprint density at radius 2 is 1.77 bits per heavy atom. The molecule has 1 heterocycles. The number of anilines is 1. The topological polar surface area (TPSA) is 124 Å². The zero-order chi connectivity index (χ0) is 35.0. The fraction of sp³-hybridized carbons (Fsp3) is 0.629. The van der Waals surface area contributed by atoms with E-state index in [2.05, 4.69) is 55.1 Å². The Balaban J connectivity index is 0.00000124. The molecule has 47 heavy (non-hydrogen) atoms. The van der Waals surface area contributed by atoms with Gasteiger partial charge in [-0.1, -0.05) is 38.7 Å². The van der Waals surface area contributed by atoms with Gasteiger partial charge in [0.1, 0.15) is 17.2 Å². The molecule has 1 aromatic heterocycles. The van der Waals surface area contributed by atoms with Crippen molar-refractivity contribution in [3.63, 3.8) is 0 Å². The smallest absolute Gasteiger partial charge is 0.387 e. The van der Waals surface area contributed by atoms with Crippen LogP contribution in [0.2, 0.25) is 0 Å². The molecule has 1 unspecified atom stereocenters.